The van der Waals surface area contributed by atoms with Crippen molar-refractivity contribution in [2.75, 3.05) is 19.6 Å². The van der Waals surface area contributed by atoms with Crippen molar-refractivity contribution >= 4 is 27.4 Å². The average molecular weight is 377 g/mol. The van der Waals surface area contributed by atoms with Gasteiger partial charge in [-0.1, -0.05) is 30.3 Å². The first-order chi connectivity index (χ1) is 12.1. The molecule has 1 fully saturated rings. The number of sulfonamides is 1. The molecule has 0 spiro atoms. The molecule has 2 heterocycles. The molecular formula is C19H24N2O2S2. The summed E-state index contributed by atoms with van der Waals surface area (Å²) in [5.41, 5.74) is 2.25. The van der Waals surface area contributed by atoms with Crippen LogP contribution in [0.1, 0.15) is 24.0 Å². The van der Waals surface area contributed by atoms with Crippen molar-refractivity contribution in [3.63, 3.8) is 0 Å². The van der Waals surface area contributed by atoms with Gasteiger partial charge in [-0.05, 0) is 65.9 Å². The van der Waals surface area contributed by atoms with Crippen molar-refractivity contribution in [2.24, 2.45) is 5.92 Å². The molecule has 0 aliphatic carbocycles. The maximum absolute atomic E-state index is 12.1. The van der Waals surface area contributed by atoms with Crippen LogP contribution >= 0.6 is 11.3 Å². The van der Waals surface area contributed by atoms with Gasteiger partial charge in [-0.3, -0.25) is 4.90 Å². The standard InChI is InChI=1S/C19H24N2O2S2/c22-25(23,13-9-17-4-2-1-3-5-17)20-14-18-6-10-21(11-7-18)15-19-8-12-24-16-19/h1-5,8-9,12-13,16,18,20H,6-7,10-11,14-15H2/b13-9+. The third kappa shape index (κ3) is 6.08. The molecule has 0 saturated carbocycles. The van der Waals surface area contributed by atoms with Gasteiger partial charge in [0, 0.05) is 18.5 Å². The Morgan fingerprint density at radius 3 is 2.60 bits per heavy atom. The summed E-state index contributed by atoms with van der Waals surface area (Å²) in [4.78, 5) is 2.45. The Morgan fingerprint density at radius 1 is 1.16 bits per heavy atom. The molecule has 134 valence electrons. The molecule has 4 nitrogen and oxygen atoms in total. The van der Waals surface area contributed by atoms with E-state index in [4.69, 9.17) is 0 Å². The maximum atomic E-state index is 12.1. The largest absolute Gasteiger partial charge is 0.299 e. The first-order valence-electron chi connectivity index (χ1n) is 8.57. The van der Waals surface area contributed by atoms with Gasteiger partial charge in [-0.15, -0.1) is 0 Å². The summed E-state index contributed by atoms with van der Waals surface area (Å²) in [6.07, 6.45) is 3.70. The molecule has 0 radical (unpaired) electrons. The van der Waals surface area contributed by atoms with Gasteiger partial charge in [-0.25, -0.2) is 13.1 Å². The number of piperidine rings is 1. The van der Waals surface area contributed by atoms with E-state index in [1.165, 1.54) is 11.0 Å². The van der Waals surface area contributed by atoms with E-state index < -0.39 is 10.0 Å². The Hall–Kier alpha value is -1.47. The zero-order valence-electron chi connectivity index (χ0n) is 14.2. The summed E-state index contributed by atoms with van der Waals surface area (Å²) >= 11 is 1.73. The van der Waals surface area contributed by atoms with Crippen molar-refractivity contribution in [3.8, 4) is 0 Å². The van der Waals surface area contributed by atoms with E-state index in [-0.39, 0.29) is 0 Å². The van der Waals surface area contributed by atoms with Crippen molar-refractivity contribution in [1.82, 2.24) is 9.62 Å². The van der Waals surface area contributed by atoms with Crippen LogP contribution in [0.4, 0.5) is 0 Å². The quantitative estimate of drug-likeness (QED) is 0.804. The molecule has 6 heteroatoms. The lowest BCUT2D eigenvalue weighted by atomic mass is 9.97. The molecule has 0 unspecified atom stereocenters. The van der Waals surface area contributed by atoms with Crippen LogP contribution in [0.5, 0.6) is 0 Å². The van der Waals surface area contributed by atoms with Crippen molar-refractivity contribution in [1.29, 1.82) is 0 Å². The number of hydrogen-bond donors (Lipinski definition) is 1. The number of benzene rings is 1. The SMILES string of the molecule is O=S(=O)(/C=C/c1ccccc1)NCC1CCN(Cc2ccsc2)CC1. The monoisotopic (exact) mass is 376 g/mol. The number of thiophene rings is 1. The van der Waals surface area contributed by atoms with Gasteiger partial charge in [-0.2, -0.15) is 11.3 Å². The predicted octanol–water partition coefficient (Wildman–Crippen LogP) is 3.55. The van der Waals surface area contributed by atoms with Crippen molar-refractivity contribution in [3.05, 3.63) is 63.7 Å². The fourth-order valence-electron chi connectivity index (χ4n) is 3.00. The van der Waals surface area contributed by atoms with E-state index in [1.807, 2.05) is 30.3 Å². The Kier molecular flexibility index (Phi) is 6.42. The molecule has 3 rings (SSSR count). The third-order valence-electron chi connectivity index (χ3n) is 4.51. The third-order valence-corrected chi connectivity index (χ3v) is 6.30. The fourth-order valence-corrected chi connectivity index (χ4v) is 4.56. The average Bonchev–Trinajstić information content (AvgIpc) is 3.14. The zero-order valence-corrected chi connectivity index (χ0v) is 15.8. The lowest BCUT2D eigenvalue weighted by molar-refractivity contribution is 0.179. The van der Waals surface area contributed by atoms with E-state index in [0.717, 1.165) is 38.0 Å². The van der Waals surface area contributed by atoms with Gasteiger partial charge in [0.1, 0.15) is 0 Å². The maximum Gasteiger partial charge on any atom is 0.233 e. The molecule has 0 bridgehead atoms. The Balaban J connectivity index is 1.42. The number of hydrogen-bond acceptors (Lipinski definition) is 4. The highest BCUT2D eigenvalue weighted by Gasteiger charge is 2.20. The van der Waals surface area contributed by atoms with Crippen LogP contribution in [0.15, 0.2) is 52.6 Å². The minimum atomic E-state index is -3.38. The highest BCUT2D eigenvalue weighted by Crippen LogP contribution is 2.19. The molecule has 2 aromatic rings. The predicted molar refractivity (Wildman–Crippen MR) is 105 cm³/mol. The van der Waals surface area contributed by atoms with E-state index in [2.05, 4.69) is 26.4 Å². The van der Waals surface area contributed by atoms with Crippen LogP contribution in [-0.2, 0) is 16.6 Å². The van der Waals surface area contributed by atoms with E-state index in [9.17, 15) is 8.42 Å². The summed E-state index contributed by atoms with van der Waals surface area (Å²) < 4.78 is 27.0. The fraction of sp³-hybridized carbons (Fsp3) is 0.368. The smallest absolute Gasteiger partial charge is 0.233 e. The van der Waals surface area contributed by atoms with Crippen molar-refractivity contribution < 1.29 is 8.42 Å². The second kappa shape index (κ2) is 8.76. The molecule has 0 amide bonds. The number of nitrogens with one attached hydrogen (secondary N) is 1. The molecule has 1 saturated heterocycles. The highest BCUT2D eigenvalue weighted by molar-refractivity contribution is 7.92. The topological polar surface area (TPSA) is 49.4 Å². The van der Waals surface area contributed by atoms with Gasteiger partial charge in [0.2, 0.25) is 10.0 Å². The molecule has 1 aromatic carbocycles. The van der Waals surface area contributed by atoms with E-state index in [1.54, 1.807) is 17.4 Å². The van der Waals surface area contributed by atoms with Crippen LogP contribution in [-0.4, -0.2) is 33.0 Å². The first-order valence-corrected chi connectivity index (χ1v) is 11.1. The van der Waals surface area contributed by atoms with Crippen LogP contribution in [0, 0.1) is 5.92 Å². The molecule has 25 heavy (non-hydrogen) atoms. The lowest BCUT2D eigenvalue weighted by Crippen LogP contribution is -2.37. The van der Waals surface area contributed by atoms with Gasteiger partial charge < -0.3 is 0 Å². The van der Waals surface area contributed by atoms with Crippen LogP contribution in [0.2, 0.25) is 0 Å². The summed E-state index contributed by atoms with van der Waals surface area (Å²) in [7, 11) is -3.38. The normalized spacial score (nSPS) is 17.3. The summed E-state index contributed by atoms with van der Waals surface area (Å²) in [6, 6.07) is 11.6. The molecule has 1 N–H and O–H groups in total. The van der Waals surface area contributed by atoms with Crippen LogP contribution in [0.3, 0.4) is 0 Å². The number of nitrogens with zero attached hydrogens (tertiary/aromatic N) is 1. The summed E-state index contributed by atoms with van der Waals surface area (Å²) in [5, 5.41) is 5.56. The van der Waals surface area contributed by atoms with Crippen LogP contribution < -0.4 is 4.72 Å². The lowest BCUT2D eigenvalue weighted by Gasteiger charge is -2.31. The van der Waals surface area contributed by atoms with E-state index in [0.29, 0.717) is 12.5 Å². The highest BCUT2D eigenvalue weighted by atomic mass is 32.2. The molecule has 0 atom stereocenters. The molecule has 1 aliphatic heterocycles. The number of likely N-dealkylation sites (tertiary alicyclic amines) is 1. The molecule has 1 aliphatic rings. The van der Waals surface area contributed by atoms with Crippen molar-refractivity contribution in [2.45, 2.75) is 19.4 Å². The van der Waals surface area contributed by atoms with Gasteiger partial charge in [0.15, 0.2) is 0 Å². The summed E-state index contributed by atoms with van der Waals surface area (Å²) in [5.74, 6) is 0.415. The number of rotatable bonds is 7. The Morgan fingerprint density at radius 2 is 1.92 bits per heavy atom. The Labute approximate surface area is 154 Å². The van der Waals surface area contributed by atoms with Gasteiger partial charge in [0.25, 0.3) is 0 Å². The minimum Gasteiger partial charge on any atom is -0.299 e. The summed E-state index contributed by atoms with van der Waals surface area (Å²) in [6.45, 7) is 3.58. The first kappa shape index (κ1) is 18.3. The minimum absolute atomic E-state index is 0.415. The van der Waals surface area contributed by atoms with Gasteiger partial charge in [0.05, 0.1) is 0 Å². The molecule has 1 aromatic heterocycles. The van der Waals surface area contributed by atoms with E-state index >= 15 is 0 Å². The second-order valence-electron chi connectivity index (χ2n) is 6.46. The second-order valence-corrected chi connectivity index (χ2v) is 8.89. The van der Waals surface area contributed by atoms with Gasteiger partial charge >= 0.3 is 0 Å². The Bertz CT molecular complexity index is 763. The zero-order chi connectivity index (χ0) is 17.5. The van der Waals surface area contributed by atoms with Crippen LogP contribution in [0.25, 0.3) is 6.08 Å². The molecular weight excluding hydrogens is 352 g/mol.